The lowest BCUT2D eigenvalue weighted by molar-refractivity contribution is 0.230. The molecule has 0 aliphatic rings. The monoisotopic (exact) mass is 285 g/mol. The first-order valence-corrected chi connectivity index (χ1v) is 7.29. The maximum absolute atomic E-state index is 9.17. The van der Waals surface area contributed by atoms with Crippen LogP contribution in [0.3, 0.4) is 0 Å². The molecule has 0 bridgehead atoms. The Bertz CT molecular complexity index is 530. The molecule has 112 valence electrons. The molecular weight excluding hydrogens is 262 g/mol. The molecular formula is C18H23NO2. The smallest absolute Gasteiger partial charge is 0.119 e. The van der Waals surface area contributed by atoms with Gasteiger partial charge in [-0.25, -0.2) is 0 Å². The molecule has 0 aromatic heterocycles. The predicted octanol–water partition coefficient (Wildman–Crippen LogP) is 2.68. The van der Waals surface area contributed by atoms with Gasteiger partial charge in [-0.2, -0.15) is 0 Å². The summed E-state index contributed by atoms with van der Waals surface area (Å²) in [6.07, 6.45) is 0.797. The Labute approximate surface area is 126 Å². The van der Waals surface area contributed by atoms with Crippen molar-refractivity contribution in [2.24, 2.45) is 11.7 Å². The Morgan fingerprint density at radius 2 is 1.62 bits per heavy atom. The zero-order valence-electron chi connectivity index (χ0n) is 12.5. The summed E-state index contributed by atoms with van der Waals surface area (Å²) in [7, 11) is 0. The van der Waals surface area contributed by atoms with Crippen molar-refractivity contribution < 1.29 is 9.84 Å². The molecule has 3 heteroatoms. The van der Waals surface area contributed by atoms with Crippen LogP contribution in [-0.2, 0) is 13.0 Å². The van der Waals surface area contributed by atoms with E-state index in [1.54, 1.807) is 0 Å². The molecule has 2 aromatic carbocycles. The molecule has 0 spiro atoms. The number of benzene rings is 2. The summed E-state index contributed by atoms with van der Waals surface area (Å²) in [4.78, 5) is 0. The quantitative estimate of drug-likeness (QED) is 0.822. The first-order chi connectivity index (χ1) is 10.2. The molecule has 21 heavy (non-hydrogen) atoms. The highest BCUT2D eigenvalue weighted by atomic mass is 16.5. The molecule has 0 amide bonds. The van der Waals surface area contributed by atoms with Gasteiger partial charge in [0.2, 0.25) is 0 Å². The van der Waals surface area contributed by atoms with Gasteiger partial charge in [-0.15, -0.1) is 0 Å². The molecule has 2 rings (SSSR count). The van der Waals surface area contributed by atoms with Crippen molar-refractivity contribution >= 4 is 0 Å². The van der Waals surface area contributed by atoms with Crippen molar-refractivity contribution in [1.29, 1.82) is 0 Å². The summed E-state index contributed by atoms with van der Waals surface area (Å²) in [5.41, 5.74) is 9.18. The number of hydrogen-bond donors (Lipinski definition) is 2. The molecule has 0 saturated heterocycles. The fraction of sp³-hybridized carbons (Fsp3) is 0.333. The minimum Gasteiger partial charge on any atom is -0.489 e. The van der Waals surface area contributed by atoms with Crippen LogP contribution in [0.2, 0.25) is 0 Å². The Morgan fingerprint density at radius 3 is 2.19 bits per heavy atom. The Morgan fingerprint density at radius 1 is 1.00 bits per heavy atom. The predicted molar refractivity (Wildman–Crippen MR) is 85.3 cm³/mol. The second-order valence-electron chi connectivity index (χ2n) is 5.41. The van der Waals surface area contributed by atoms with Gasteiger partial charge in [-0.05, 0) is 49.1 Å². The number of ether oxygens (including phenoxy) is 1. The van der Waals surface area contributed by atoms with E-state index >= 15 is 0 Å². The molecule has 0 fully saturated rings. The summed E-state index contributed by atoms with van der Waals surface area (Å²) in [5.74, 6) is 0.983. The lowest BCUT2D eigenvalue weighted by Crippen LogP contribution is -2.20. The van der Waals surface area contributed by atoms with Gasteiger partial charge < -0.3 is 15.6 Å². The van der Waals surface area contributed by atoms with Gasteiger partial charge in [0.25, 0.3) is 0 Å². The van der Waals surface area contributed by atoms with Gasteiger partial charge in [0, 0.05) is 6.61 Å². The van der Waals surface area contributed by atoms with E-state index in [0.29, 0.717) is 13.2 Å². The SMILES string of the molecule is Cc1ccc(COc2ccc(CC(CN)CO)cc2)cc1. The van der Waals surface area contributed by atoms with E-state index in [1.807, 2.05) is 24.3 Å². The molecule has 0 saturated carbocycles. The van der Waals surface area contributed by atoms with Crippen molar-refractivity contribution in [3.63, 3.8) is 0 Å². The van der Waals surface area contributed by atoms with Gasteiger partial charge in [0.05, 0.1) is 0 Å². The first-order valence-electron chi connectivity index (χ1n) is 7.29. The van der Waals surface area contributed by atoms with Crippen LogP contribution in [0.15, 0.2) is 48.5 Å². The fourth-order valence-electron chi connectivity index (χ4n) is 2.13. The Balaban J connectivity index is 1.88. The zero-order valence-corrected chi connectivity index (χ0v) is 12.5. The van der Waals surface area contributed by atoms with E-state index in [4.69, 9.17) is 15.6 Å². The average Bonchev–Trinajstić information content (AvgIpc) is 2.53. The van der Waals surface area contributed by atoms with Crippen LogP contribution < -0.4 is 10.5 Å². The molecule has 0 radical (unpaired) electrons. The van der Waals surface area contributed by atoms with Crippen LogP contribution >= 0.6 is 0 Å². The molecule has 3 nitrogen and oxygen atoms in total. The van der Waals surface area contributed by atoms with E-state index in [-0.39, 0.29) is 12.5 Å². The van der Waals surface area contributed by atoms with E-state index in [2.05, 4.69) is 31.2 Å². The van der Waals surface area contributed by atoms with Gasteiger partial charge in [-0.1, -0.05) is 42.0 Å². The second kappa shape index (κ2) is 7.81. The highest BCUT2D eigenvalue weighted by Gasteiger charge is 2.06. The summed E-state index contributed by atoms with van der Waals surface area (Å²) in [6.45, 7) is 3.27. The minimum absolute atomic E-state index is 0.127. The van der Waals surface area contributed by atoms with Crippen LogP contribution in [-0.4, -0.2) is 18.3 Å². The topological polar surface area (TPSA) is 55.5 Å². The van der Waals surface area contributed by atoms with Crippen molar-refractivity contribution in [2.75, 3.05) is 13.2 Å². The number of nitrogens with two attached hydrogens (primary N) is 1. The largest absolute Gasteiger partial charge is 0.489 e. The van der Waals surface area contributed by atoms with E-state index in [1.165, 1.54) is 11.1 Å². The van der Waals surface area contributed by atoms with Gasteiger partial charge >= 0.3 is 0 Å². The van der Waals surface area contributed by atoms with Crippen molar-refractivity contribution in [3.05, 3.63) is 65.2 Å². The normalized spacial score (nSPS) is 12.1. The van der Waals surface area contributed by atoms with Gasteiger partial charge in [-0.3, -0.25) is 0 Å². The molecule has 3 N–H and O–H groups in total. The molecule has 1 atom stereocenters. The van der Waals surface area contributed by atoms with E-state index in [9.17, 15) is 0 Å². The Kier molecular flexibility index (Phi) is 5.78. The van der Waals surface area contributed by atoms with E-state index < -0.39 is 0 Å². The highest BCUT2D eigenvalue weighted by molar-refractivity contribution is 5.28. The lowest BCUT2D eigenvalue weighted by Gasteiger charge is -2.12. The van der Waals surface area contributed by atoms with Gasteiger partial charge in [0.1, 0.15) is 12.4 Å². The van der Waals surface area contributed by atoms with Crippen LogP contribution in [0, 0.1) is 12.8 Å². The van der Waals surface area contributed by atoms with Crippen LogP contribution in [0.25, 0.3) is 0 Å². The molecule has 0 aliphatic heterocycles. The van der Waals surface area contributed by atoms with Crippen molar-refractivity contribution in [2.45, 2.75) is 20.0 Å². The highest BCUT2D eigenvalue weighted by Crippen LogP contribution is 2.16. The summed E-state index contributed by atoms with van der Waals surface area (Å²) >= 11 is 0. The fourth-order valence-corrected chi connectivity index (χ4v) is 2.13. The van der Waals surface area contributed by atoms with Gasteiger partial charge in [0.15, 0.2) is 0 Å². The lowest BCUT2D eigenvalue weighted by atomic mass is 10.0. The van der Waals surface area contributed by atoms with Crippen LogP contribution in [0.5, 0.6) is 5.75 Å². The second-order valence-corrected chi connectivity index (χ2v) is 5.41. The van der Waals surface area contributed by atoms with Crippen molar-refractivity contribution in [3.8, 4) is 5.75 Å². The summed E-state index contributed by atoms with van der Waals surface area (Å²) in [6, 6.07) is 16.3. The summed E-state index contributed by atoms with van der Waals surface area (Å²) < 4.78 is 5.77. The van der Waals surface area contributed by atoms with Crippen LogP contribution in [0.1, 0.15) is 16.7 Å². The third kappa shape index (κ3) is 4.88. The number of aryl methyl sites for hydroxylation is 1. The molecule has 2 aromatic rings. The Hall–Kier alpha value is -1.84. The third-order valence-electron chi connectivity index (χ3n) is 3.57. The number of aliphatic hydroxyl groups is 1. The maximum Gasteiger partial charge on any atom is 0.119 e. The standard InChI is InChI=1S/C18H23NO2/c1-14-2-4-16(5-3-14)13-21-18-8-6-15(7-9-18)10-17(11-19)12-20/h2-9,17,20H,10-13,19H2,1H3. The maximum atomic E-state index is 9.17. The molecule has 1 unspecified atom stereocenters. The third-order valence-corrected chi connectivity index (χ3v) is 3.57. The zero-order chi connectivity index (χ0) is 15.1. The number of aliphatic hydroxyl groups excluding tert-OH is 1. The van der Waals surface area contributed by atoms with Crippen LogP contribution in [0.4, 0.5) is 0 Å². The number of hydrogen-bond acceptors (Lipinski definition) is 3. The summed E-state index contributed by atoms with van der Waals surface area (Å²) in [5, 5.41) is 9.17. The molecule has 0 heterocycles. The average molecular weight is 285 g/mol. The molecule has 0 aliphatic carbocycles. The minimum atomic E-state index is 0.127. The first kappa shape index (κ1) is 15.5. The van der Waals surface area contributed by atoms with E-state index in [0.717, 1.165) is 17.7 Å². The number of rotatable bonds is 7. The van der Waals surface area contributed by atoms with Crippen molar-refractivity contribution in [1.82, 2.24) is 0 Å².